The highest BCUT2D eigenvalue weighted by Gasteiger charge is 2.38. The maximum absolute atomic E-state index is 12.4. The molecule has 0 aromatic carbocycles. The molecule has 1 aromatic heterocycles. The van der Waals surface area contributed by atoms with Gasteiger partial charge in [0.2, 0.25) is 5.13 Å². The molecule has 0 bridgehead atoms. The van der Waals surface area contributed by atoms with Crippen LogP contribution in [-0.2, 0) is 0 Å². The van der Waals surface area contributed by atoms with Crippen LogP contribution in [0.15, 0.2) is 0 Å². The Kier molecular flexibility index (Phi) is 4.81. The molecule has 2 heterocycles. The molecule has 1 aliphatic carbocycles. The summed E-state index contributed by atoms with van der Waals surface area (Å²) in [6.07, 6.45) is 4.57. The number of urea groups is 1. The van der Waals surface area contributed by atoms with Crippen molar-refractivity contribution in [3.05, 3.63) is 5.82 Å². The van der Waals surface area contributed by atoms with Crippen LogP contribution in [0.1, 0.15) is 38.4 Å². The number of carbonyl (C=O) groups is 1. The van der Waals surface area contributed by atoms with E-state index in [0.29, 0.717) is 12.0 Å². The van der Waals surface area contributed by atoms with Crippen molar-refractivity contribution in [1.82, 2.24) is 19.6 Å². The topological polar surface area (TPSA) is 61.4 Å². The molecular formula is C15H25N5OS. The van der Waals surface area contributed by atoms with E-state index in [1.807, 2.05) is 11.8 Å². The van der Waals surface area contributed by atoms with Crippen LogP contribution in [0.3, 0.4) is 0 Å². The molecule has 1 N–H and O–H groups in total. The third-order valence-corrected chi connectivity index (χ3v) is 5.33. The lowest BCUT2D eigenvalue weighted by atomic mass is 10.2. The standard InChI is InChI=1S/C15H25N5OS/c1-3-5-12-10-13(12)17-14(21)19-6-4-7-20(9-8-19)15-16-11(2)18-22-15/h12-13H,3-10H2,1-2H3,(H,17,21)/t12-,13-/m1/s1. The number of anilines is 1. The van der Waals surface area contributed by atoms with E-state index < -0.39 is 0 Å². The van der Waals surface area contributed by atoms with Crippen LogP contribution in [0.4, 0.5) is 9.93 Å². The number of hydrogen-bond donors (Lipinski definition) is 1. The Morgan fingerprint density at radius 1 is 1.36 bits per heavy atom. The van der Waals surface area contributed by atoms with Crippen molar-refractivity contribution in [3.63, 3.8) is 0 Å². The van der Waals surface area contributed by atoms with Gasteiger partial charge >= 0.3 is 6.03 Å². The Balaban J connectivity index is 1.49. The quantitative estimate of drug-likeness (QED) is 0.923. The van der Waals surface area contributed by atoms with Crippen LogP contribution in [0.2, 0.25) is 0 Å². The fraction of sp³-hybridized carbons (Fsp3) is 0.800. The minimum absolute atomic E-state index is 0.110. The first-order valence-corrected chi connectivity index (χ1v) is 9.05. The Morgan fingerprint density at radius 3 is 2.95 bits per heavy atom. The predicted molar refractivity (Wildman–Crippen MR) is 88.4 cm³/mol. The number of nitrogens with zero attached hydrogens (tertiary/aromatic N) is 4. The molecule has 2 amide bonds. The Bertz CT molecular complexity index is 520. The molecule has 1 saturated carbocycles. The van der Waals surface area contributed by atoms with E-state index in [0.717, 1.165) is 50.0 Å². The largest absolute Gasteiger partial charge is 0.345 e. The van der Waals surface area contributed by atoms with Crippen LogP contribution in [0.5, 0.6) is 0 Å². The van der Waals surface area contributed by atoms with Crippen molar-refractivity contribution in [1.29, 1.82) is 0 Å². The highest BCUT2D eigenvalue weighted by atomic mass is 32.1. The van der Waals surface area contributed by atoms with Gasteiger partial charge in [-0.15, -0.1) is 0 Å². The number of nitrogens with one attached hydrogen (secondary N) is 1. The van der Waals surface area contributed by atoms with Gasteiger partial charge in [0.15, 0.2) is 0 Å². The van der Waals surface area contributed by atoms with Gasteiger partial charge in [-0.3, -0.25) is 0 Å². The molecule has 2 aliphatic rings. The zero-order valence-electron chi connectivity index (χ0n) is 13.4. The van der Waals surface area contributed by atoms with Crippen molar-refractivity contribution >= 4 is 22.7 Å². The minimum Gasteiger partial charge on any atom is -0.345 e. The minimum atomic E-state index is 0.110. The van der Waals surface area contributed by atoms with Crippen molar-refractivity contribution in [2.75, 3.05) is 31.1 Å². The summed E-state index contributed by atoms with van der Waals surface area (Å²) in [5, 5.41) is 4.16. The lowest BCUT2D eigenvalue weighted by Gasteiger charge is -2.22. The van der Waals surface area contributed by atoms with Crippen LogP contribution >= 0.6 is 11.5 Å². The van der Waals surface area contributed by atoms with Gasteiger partial charge in [-0.25, -0.2) is 9.78 Å². The van der Waals surface area contributed by atoms with E-state index in [4.69, 9.17) is 0 Å². The predicted octanol–water partition coefficient (Wildman–Crippen LogP) is 2.26. The molecule has 6 nitrogen and oxygen atoms in total. The maximum Gasteiger partial charge on any atom is 0.317 e. The van der Waals surface area contributed by atoms with E-state index in [1.165, 1.54) is 24.4 Å². The van der Waals surface area contributed by atoms with Gasteiger partial charge < -0.3 is 15.1 Å². The molecule has 7 heteroatoms. The summed E-state index contributed by atoms with van der Waals surface area (Å²) in [7, 11) is 0. The molecule has 122 valence electrons. The van der Waals surface area contributed by atoms with Crippen molar-refractivity contribution in [3.8, 4) is 0 Å². The number of aryl methyl sites for hydroxylation is 1. The van der Waals surface area contributed by atoms with Crippen molar-refractivity contribution in [2.45, 2.75) is 45.6 Å². The maximum atomic E-state index is 12.4. The Morgan fingerprint density at radius 2 is 2.23 bits per heavy atom. The molecule has 0 unspecified atom stereocenters. The van der Waals surface area contributed by atoms with Crippen molar-refractivity contribution < 1.29 is 4.79 Å². The molecule has 3 rings (SSSR count). The van der Waals surface area contributed by atoms with E-state index in [-0.39, 0.29) is 6.03 Å². The van der Waals surface area contributed by atoms with Gasteiger partial charge in [-0.2, -0.15) is 4.37 Å². The molecule has 0 radical (unpaired) electrons. The summed E-state index contributed by atoms with van der Waals surface area (Å²) in [6.45, 7) is 7.49. The highest BCUT2D eigenvalue weighted by Crippen LogP contribution is 2.34. The van der Waals surface area contributed by atoms with Gasteiger partial charge in [0, 0.05) is 43.8 Å². The monoisotopic (exact) mass is 323 g/mol. The van der Waals surface area contributed by atoms with Crippen LogP contribution in [0.25, 0.3) is 0 Å². The van der Waals surface area contributed by atoms with Gasteiger partial charge in [-0.1, -0.05) is 13.3 Å². The lowest BCUT2D eigenvalue weighted by molar-refractivity contribution is 0.200. The van der Waals surface area contributed by atoms with Gasteiger partial charge in [-0.05, 0) is 32.1 Å². The van der Waals surface area contributed by atoms with Gasteiger partial charge in [0.1, 0.15) is 5.82 Å². The average Bonchev–Trinajstić information content (AvgIpc) is 3.15. The van der Waals surface area contributed by atoms with E-state index in [9.17, 15) is 4.79 Å². The number of hydrogen-bond acceptors (Lipinski definition) is 5. The molecule has 1 aliphatic heterocycles. The zero-order valence-corrected chi connectivity index (χ0v) is 14.2. The zero-order chi connectivity index (χ0) is 15.5. The summed E-state index contributed by atoms with van der Waals surface area (Å²) >= 11 is 1.45. The molecule has 2 atom stereocenters. The van der Waals surface area contributed by atoms with E-state index in [1.54, 1.807) is 0 Å². The van der Waals surface area contributed by atoms with Gasteiger partial charge in [0.05, 0.1) is 0 Å². The third kappa shape index (κ3) is 3.69. The second kappa shape index (κ2) is 6.81. The van der Waals surface area contributed by atoms with Crippen LogP contribution in [-0.4, -0.2) is 52.5 Å². The third-order valence-electron chi connectivity index (χ3n) is 4.46. The molecule has 1 saturated heterocycles. The number of rotatable bonds is 4. The highest BCUT2D eigenvalue weighted by molar-refractivity contribution is 7.09. The summed E-state index contributed by atoms with van der Waals surface area (Å²) in [5.74, 6) is 1.54. The molecule has 1 aromatic rings. The summed E-state index contributed by atoms with van der Waals surface area (Å²) < 4.78 is 4.25. The molecular weight excluding hydrogens is 298 g/mol. The number of carbonyl (C=O) groups excluding carboxylic acids is 1. The van der Waals surface area contributed by atoms with E-state index >= 15 is 0 Å². The van der Waals surface area contributed by atoms with Crippen LogP contribution in [0, 0.1) is 12.8 Å². The second-order valence-electron chi connectivity index (χ2n) is 6.29. The summed E-state index contributed by atoms with van der Waals surface area (Å²) in [4.78, 5) is 21.0. The molecule has 0 spiro atoms. The Labute approximate surface area is 136 Å². The van der Waals surface area contributed by atoms with Crippen molar-refractivity contribution in [2.24, 2.45) is 5.92 Å². The first kappa shape index (κ1) is 15.5. The lowest BCUT2D eigenvalue weighted by Crippen LogP contribution is -2.43. The van der Waals surface area contributed by atoms with Crippen LogP contribution < -0.4 is 10.2 Å². The normalized spacial score (nSPS) is 25.0. The SMILES string of the molecule is CCC[C@@H]1C[C@H]1NC(=O)N1CCCN(c2nc(C)ns2)CC1. The number of aromatic nitrogens is 2. The fourth-order valence-electron chi connectivity index (χ4n) is 3.09. The van der Waals surface area contributed by atoms with E-state index in [2.05, 4.69) is 26.5 Å². The molecule has 22 heavy (non-hydrogen) atoms. The Hall–Kier alpha value is -1.37. The smallest absolute Gasteiger partial charge is 0.317 e. The average molecular weight is 323 g/mol. The summed E-state index contributed by atoms with van der Waals surface area (Å²) in [6, 6.07) is 0.525. The van der Waals surface area contributed by atoms with Gasteiger partial charge in [0.25, 0.3) is 0 Å². The fourth-order valence-corrected chi connectivity index (χ4v) is 3.82. The second-order valence-corrected chi connectivity index (χ2v) is 7.02. The first-order chi connectivity index (χ1) is 10.7. The molecule has 2 fully saturated rings. The first-order valence-electron chi connectivity index (χ1n) is 8.28. The number of amides is 2. The summed E-state index contributed by atoms with van der Waals surface area (Å²) in [5.41, 5.74) is 0.